The van der Waals surface area contributed by atoms with Crippen LogP contribution in [0.3, 0.4) is 0 Å². The molecule has 1 aliphatic heterocycles. The summed E-state index contributed by atoms with van der Waals surface area (Å²) in [5.41, 5.74) is -0.0993. The van der Waals surface area contributed by atoms with Gasteiger partial charge in [-0.15, -0.1) is 0 Å². The van der Waals surface area contributed by atoms with Gasteiger partial charge in [-0.2, -0.15) is 5.10 Å². The molecule has 0 radical (unpaired) electrons. The summed E-state index contributed by atoms with van der Waals surface area (Å²) in [5.74, 6) is -0.286. The number of nitro groups is 1. The average molecular weight is 335 g/mol. The molecule has 2 rings (SSSR count). The molecule has 1 fully saturated rings. The van der Waals surface area contributed by atoms with Crippen molar-refractivity contribution in [1.29, 1.82) is 0 Å². The van der Waals surface area contributed by atoms with Crippen molar-refractivity contribution in [2.24, 2.45) is 0 Å². The van der Waals surface area contributed by atoms with E-state index in [1.807, 2.05) is 0 Å². The van der Waals surface area contributed by atoms with Gasteiger partial charge in [-0.05, 0) is 25.3 Å². The van der Waals surface area contributed by atoms with E-state index in [2.05, 4.69) is 17.0 Å². The Labute approximate surface area is 139 Å². The number of aryl methyl sites for hydroxylation is 1. The smallest absolute Gasteiger partial charge is 0.306 e. The maximum absolute atomic E-state index is 12.1. The van der Waals surface area contributed by atoms with Crippen molar-refractivity contribution in [3.05, 3.63) is 35.2 Å². The molecule has 0 saturated carbocycles. The molecule has 130 valence electrons. The molecule has 1 aromatic heterocycles. The van der Waals surface area contributed by atoms with Crippen LogP contribution in [-0.4, -0.2) is 50.5 Å². The minimum absolute atomic E-state index is 0.0872. The van der Waals surface area contributed by atoms with E-state index in [9.17, 15) is 19.7 Å². The Morgan fingerprint density at radius 3 is 2.96 bits per heavy atom. The molecule has 2 heterocycles. The summed E-state index contributed by atoms with van der Waals surface area (Å²) in [6, 6.07) is -0.0872. The maximum atomic E-state index is 12.1. The van der Waals surface area contributed by atoms with E-state index in [0.717, 1.165) is 25.5 Å². The molecular formula is C15H21N5O4. The number of rotatable bonds is 6. The lowest BCUT2D eigenvalue weighted by molar-refractivity contribution is -0.385. The monoisotopic (exact) mass is 335 g/mol. The van der Waals surface area contributed by atoms with Crippen molar-refractivity contribution in [3.8, 4) is 0 Å². The van der Waals surface area contributed by atoms with Crippen LogP contribution in [0.4, 0.5) is 5.69 Å². The van der Waals surface area contributed by atoms with Gasteiger partial charge in [0.25, 0.3) is 0 Å². The number of aromatic nitrogens is 2. The molecule has 1 saturated heterocycles. The van der Waals surface area contributed by atoms with E-state index < -0.39 is 4.92 Å². The lowest BCUT2D eigenvalue weighted by Crippen LogP contribution is -2.44. The molecule has 0 aromatic carbocycles. The van der Waals surface area contributed by atoms with Gasteiger partial charge in [0.05, 0.1) is 4.92 Å². The van der Waals surface area contributed by atoms with Gasteiger partial charge in [0.2, 0.25) is 11.8 Å². The van der Waals surface area contributed by atoms with Gasteiger partial charge in [0.15, 0.2) is 0 Å². The zero-order valence-corrected chi connectivity index (χ0v) is 13.4. The van der Waals surface area contributed by atoms with Crippen molar-refractivity contribution in [1.82, 2.24) is 20.0 Å². The zero-order chi connectivity index (χ0) is 17.5. The van der Waals surface area contributed by atoms with Crippen LogP contribution >= 0.6 is 0 Å². The SMILES string of the molecule is C=CC(=O)N1CCCCC(NC(=O)CCn2cc([N+](=O)[O-])cn2)C1. The first kappa shape index (κ1) is 17.6. The average Bonchev–Trinajstić information content (AvgIpc) is 2.92. The van der Waals surface area contributed by atoms with Gasteiger partial charge in [0.1, 0.15) is 12.4 Å². The van der Waals surface area contributed by atoms with E-state index in [1.54, 1.807) is 4.90 Å². The highest BCUT2D eigenvalue weighted by atomic mass is 16.6. The van der Waals surface area contributed by atoms with Crippen molar-refractivity contribution in [3.63, 3.8) is 0 Å². The Morgan fingerprint density at radius 1 is 1.50 bits per heavy atom. The number of nitrogens with one attached hydrogen (secondary N) is 1. The molecule has 0 aliphatic carbocycles. The predicted molar refractivity (Wildman–Crippen MR) is 86.1 cm³/mol. The zero-order valence-electron chi connectivity index (χ0n) is 13.4. The van der Waals surface area contributed by atoms with Crippen molar-refractivity contribution in [2.75, 3.05) is 13.1 Å². The fourth-order valence-corrected chi connectivity index (χ4v) is 2.67. The Kier molecular flexibility index (Phi) is 6.05. The third-order valence-electron chi connectivity index (χ3n) is 3.92. The van der Waals surface area contributed by atoms with Crippen LogP contribution in [0.25, 0.3) is 0 Å². The normalized spacial score (nSPS) is 17.8. The van der Waals surface area contributed by atoms with Crippen LogP contribution in [0.5, 0.6) is 0 Å². The van der Waals surface area contributed by atoms with E-state index in [1.165, 1.54) is 17.0 Å². The summed E-state index contributed by atoms with van der Waals surface area (Å²) in [4.78, 5) is 35.6. The van der Waals surface area contributed by atoms with Gasteiger partial charge < -0.3 is 10.2 Å². The number of carbonyl (C=O) groups is 2. The molecule has 0 spiro atoms. The van der Waals surface area contributed by atoms with Gasteiger partial charge in [0, 0.05) is 32.1 Å². The highest BCUT2D eigenvalue weighted by molar-refractivity contribution is 5.87. The van der Waals surface area contributed by atoms with Crippen LogP contribution < -0.4 is 5.32 Å². The quantitative estimate of drug-likeness (QED) is 0.471. The lowest BCUT2D eigenvalue weighted by Gasteiger charge is -2.24. The fraction of sp³-hybridized carbons (Fsp3) is 0.533. The maximum Gasteiger partial charge on any atom is 0.306 e. The number of nitrogens with zero attached hydrogens (tertiary/aromatic N) is 4. The Morgan fingerprint density at radius 2 is 2.29 bits per heavy atom. The standard InChI is InChI=1S/C15H21N5O4/c1-2-15(22)18-7-4-3-5-12(10-18)17-14(21)6-8-19-11-13(9-16-19)20(23)24/h2,9,11-12H,1,3-8,10H2,(H,17,21). The lowest BCUT2D eigenvalue weighted by atomic mass is 10.1. The minimum Gasteiger partial charge on any atom is -0.352 e. The Balaban J connectivity index is 1.82. The second-order valence-electron chi connectivity index (χ2n) is 5.72. The van der Waals surface area contributed by atoms with Crippen LogP contribution in [0.2, 0.25) is 0 Å². The first-order chi connectivity index (χ1) is 11.5. The van der Waals surface area contributed by atoms with Crippen molar-refractivity contribution in [2.45, 2.75) is 38.3 Å². The number of amides is 2. The molecule has 24 heavy (non-hydrogen) atoms. The molecule has 2 amide bonds. The number of hydrogen-bond acceptors (Lipinski definition) is 5. The van der Waals surface area contributed by atoms with Crippen LogP contribution in [0, 0.1) is 10.1 Å². The summed E-state index contributed by atoms with van der Waals surface area (Å²) in [7, 11) is 0. The molecule has 9 nitrogen and oxygen atoms in total. The topological polar surface area (TPSA) is 110 Å². The van der Waals surface area contributed by atoms with Crippen LogP contribution in [-0.2, 0) is 16.1 Å². The molecule has 1 atom stereocenters. The number of likely N-dealkylation sites (tertiary alicyclic amines) is 1. The van der Waals surface area contributed by atoms with E-state index in [4.69, 9.17) is 0 Å². The highest BCUT2D eigenvalue weighted by Gasteiger charge is 2.21. The highest BCUT2D eigenvalue weighted by Crippen LogP contribution is 2.12. The van der Waals surface area contributed by atoms with E-state index >= 15 is 0 Å². The third-order valence-corrected chi connectivity index (χ3v) is 3.92. The summed E-state index contributed by atoms with van der Waals surface area (Å²) >= 11 is 0. The summed E-state index contributed by atoms with van der Waals surface area (Å²) in [6.07, 6.45) is 6.57. The molecular weight excluding hydrogens is 314 g/mol. The molecule has 1 aliphatic rings. The summed E-state index contributed by atoms with van der Waals surface area (Å²) in [5, 5.41) is 17.4. The summed E-state index contributed by atoms with van der Waals surface area (Å²) in [6.45, 7) is 4.91. The molecule has 1 unspecified atom stereocenters. The number of hydrogen-bond donors (Lipinski definition) is 1. The molecule has 1 N–H and O–H groups in total. The number of carbonyl (C=O) groups excluding carboxylic acids is 2. The minimum atomic E-state index is -0.527. The first-order valence-electron chi connectivity index (χ1n) is 7.87. The fourth-order valence-electron chi connectivity index (χ4n) is 2.67. The van der Waals surface area contributed by atoms with Gasteiger partial charge in [-0.1, -0.05) is 6.58 Å². The molecule has 1 aromatic rings. The summed E-state index contributed by atoms with van der Waals surface area (Å²) < 4.78 is 1.37. The molecule has 9 heteroatoms. The van der Waals surface area contributed by atoms with E-state index in [0.29, 0.717) is 13.1 Å². The Hall–Kier alpha value is -2.71. The van der Waals surface area contributed by atoms with E-state index in [-0.39, 0.29) is 36.5 Å². The van der Waals surface area contributed by atoms with Crippen LogP contribution in [0.1, 0.15) is 25.7 Å². The third kappa shape index (κ3) is 4.90. The van der Waals surface area contributed by atoms with Gasteiger partial charge >= 0.3 is 5.69 Å². The first-order valence-corrected chi connectivity index (χ1v) is 7.87. The largest absolute Gasteiger partial charge is 0.352 e. The van der Waals surface area contributed by atoms with Crippen molar-refractivity contribution < 1.29 is 14.5 Å². The van der Waals surface area contributed by atoms with Crippen molar-refractivity contribution >= 4 is 17.5 Å². The second-order valence-corrected chi connectivity index (χ2v) is 5.72. The second kappa shape index (κ2) is 8.23. The van der Waals surface area contributed by atoms with Gasteiger partial charge in [-0.25, -0.2) is 0 Å². The van der Waals surface area contributed by atoms with Crippen LogP contribution in [0.15, 0.2) is 25.0 Å². The van der Waals surface area contributed by atoms with Gasteiger partial charge in [-0.3, -0.25) is 24.4 Å². The predicted octanol–water partition coefficient (Wildman–Crippen LogP) is 0.865. The molecule has 0 bridgehead atoms. The Bertz CT molecular complexity index is 627.